The van der Waals surface area contributed by atoms with E-state index in [4.69, 9.17) is 0 Å². The quantitative estimate of drug-likeness (QED) is 0.796. The monoisotopic (exact) mass is 400 g/mol. The van der Waals surface area contributed by atoms with Crippen molar-refractivity contribution in [3.63, 3.8) is 0 Å². The Kier molecular flexibility index (Phi) is 6.91. The van der Waals surface area contributed by atoms with Crippen LogP contribution in [-0.2, 0) is 9.59 Å². The molecule has 0 atom stereocenters. The van der Waals surface area contributed by atoms with Gasteiger partial charge in [0.1, 0.15) is 5.54 Å². The SMILES string of the molecule is Cl.Cl.O=C(CN1CCNCC1)N1c2ccccc2NC(=O)C12CCCC2. The number of benzene rings is 1. The standard InChI is InChI=1S/C18H24N4O2.2ClH/c23-16(13-21-11-9-19-10-12-21)22-15-6-2-1-5-14(15)20-17(24)18(22)7-3-4-8-18;;/h1-2,5-6,19H,3-4,7-13H2,(H,20,24);2*1H. The summed E-state index contributed by atoms with van der Waals surface area (Å²) in [5, 5.41) is 6.33. The minimum atomic E-state index is -0.695. The van der Waals surface area contributed by atoms with Crippen LogP contribution >= 0.6 is 24.8 Å². The molecule has 4 rings (SSSR count). The summed E-state index contributed by atoms with van der Waals surface area (Å²) in [6.07, 6.45) is 3.49. The van der Waals surface area contributed by atoms with E-state index in [-0.39, 0.29) is 36.6 Å². The number of nitrogens with one attached hydrogen (secondary N) is 2. The van der Waals surface area contributed by atoms with E-state index in [0.717, 1.165) is 63.2 Å². The molecule has 26 heavy (non-hydrogen) atoms. The van der Waals surface area contributed by atoms with E-state index in [1.807, 2.05) is 29.2 Å². The molecule has 2 aliphatic heterocycles. The molecule has 2 heterocycles. The Morgan fingerprint density at radius 2 is 1.73 bits per heavy atom. The highest BCUT2D eigenvalue weighted by Gasteiger charge is 2.52. The molecule has 2 amide bonds. The molecule has 0 unspecified atom stereocenters. The van der Waals surface area contributed by atoms with Gasteiger partial charge in [-0.2, -0.15) is 0 Å². The van der Waals surface area contributed by atoms with Crippen LogP contribution in [0.3, 0.4) is 0 Å². The lowest BCUT2D eigenvalue weighted by Gasteiger charge is -2.45. The number of para-hydroxylation sites is 2. The van der Waals surface area contributed by atoms with Crippen LogP contribution in [0.2, 0.25) is 0 Å². The number of hydrogen-bond acceptors (Lipinski definition) is 4. The van der Waals surface area contributed by atoms with Crippen molar-refractivity contribution in [3.8, 4) is 0 Å². The Labute approximate surface area is 166 Å². The van der Waals surface area contributed by atoms with Crippen LogP contribution in [0.15, 0.2) is 24.3 Å². The number of halogens is 2. The van der Waals surface area contributed by atoms with Gasteiger partial charge < -0.3 is 10.6 Å². The van der Waals surface area contributed by atoms with Gasteiger partial charge in [0.15, 0.2) is 0 Å². The van der Waals surface area contributed by atoms with Gasteiger partial charge in [0.05, 0.1) is 17.9 Å². The summed E-state index contributed by atoms with van der Waals surface area (Å²) < 4.78 is 0. The number of piperazine rings is 1. The Balaban J connectivity index is 0.00000121. The number of amides is 2. The lowest BCUT2D eigenvalue weighted by molar-refractivity contribution is -0.128. The van der Waals surface area contributed by atoms with Gasteiger partial charge in [-0.1, -0.05) is 25.0 Å². The zero-order valence-electron chi connectivity index (χ0n) is 14.7. The van der Waals surface area contributed by atoms with E-state index in [1.54, 1.807) is 0 Å². The molecule has 1 aromatic rings. The third kappa shape index (κ3) is 3.56. The second-order valence-electron chi connectivity index (χ2n) is 6.97. The first-order valence-electron chi connectivity index (χ1n) is 8.87. The van der Waals surface area contributed by atoms with Gasteiger partial charge in [-0.3, -0.25) is 19.4 Å². The molecule has 0 bridgehead atoms. The Bertz CT molecular complexity index is 658. The van der Waals surface area contributed by atoms with Gasteiger partial charge in [0.25, 0.3) is 5.91 Å². The van der Waals surface area contributed by atoms with Crippen molar-refractivity contribution in [2.75, 3.05) is 42.9 Å². The molecule has 0 radical (unpaired) electrons. The highest BCUT2D eigenvalue weighted by Crippen LogP contribution is 2.45. The highest BCUT2D eigenvalue weighted by molar-refractivity contribution is 6.15. The Morgan fingerprint density at radius 1 is 1.08 bits per heavy atom. The van der Waals surface area contributed by atoms with Crippen LogP contribution in [0, 0.1) is 0 Å². The predicted molar refractivity (Wildman–Crippen MR) is 108 cm³/mol. The van der Waals surface area contributed by atoms with Crippen molar-refractivity contribution in [3.05, 3.63) is 24.3 Å². The summed E-state index contributed by atoms with van der Waals surface area (Å²) in [5.41, 5.74) is 0.896. The summed E-state index contributed by atoms with van der Waals surface area (Å²) in [5.74, 6) is 0.0217. The maximum atomic E-state index is 13.2. The fourth-order valence-corrected chi connectivity index (χ4v) is 4.26. The van der Waals surface area contributed by atoms with E-state index < -0.39 is 5.54 Å². The fourth-order valence-electron chi connectivity index (χ4n) is 4.26. The fraction of sp³-hybridized carbons (Fsp3) is 0.556. The summed E-state index contributed by atoms with van der Waals surface area (Å²) >= 11 is 0. The van der Waals surface area contributed by atoms with Gasteiger partial charge >= 0.3 is 0 Å². The number of nitrogens with zero attached hydrogens (tertiary/aromatic N) is 2. The average Bonchev–Trinajstić information content (AvgIpc) is 3.07. The first-order valence-corrected chi connectivity index (χ1v) is 8.87. The van der Waals surface area contributed by atoms with Crippen LogP contribution in [0.1, 0.15) is 25.7 Å². The number of fused-ring (bicyclic) bond motifs is 1. The second-order valence-corrected chi connectivity index (χ2v) is 6.97. The maximum Gasteiger partial charge on any atom is 0.250 e. The molecule has 2 fully saturated rings. The van der Waals surface area contributed by atoms with Crippen molar-refractivity contribution in [1.29, 1.82) is 0 Å². The van der Waals surface area contributed by atoms with Crippen LogP contribution < -0.4 is 15.5 Å². The zero-order chi connectivity index (χ0) is 16.6. The largest absolute Gasteiger partial charge is 0.322 e. The van der Waals surface area contributed by atoms with E-state index in [9.17, 15) is 9.59 Å². The molecule has 0 aromatic heterocycles. The first kappa shape index (κ1) is 21.0. The number of rotatable bonds is 2. The minimum absolute atomic E-state index is 0. The van der Waals surface area contributed by atoms with E-state index in [0.29, 0.717) is 6.54 Å². The molecule has 1 saturated heterocycles. The smallest absolute Gasteiger partial charge is 0.250 e. The molecule has 3 aliphatic rings. The molecule has 1 saturated carbocycles. The van der Waals surface area contributed by atoms with Gasteiger partial charge in [-0.25, -0.2) is 0 Å². The molecule has 6 nitrogen and oxygen atoms in total. The van der Waals surface area contributed by atoms with Gasteiger partial charge in [0, 0.05) is 26.2 Å². The third-order valence-corrected chi connectivity index (χ3v) is 5.49. The van der Waals surface area contributed by atoms with Crippen molar-refractivity contribution >= 4 is 48.0 Å². The van der Waals surface area contributed by atoms with Crippen molar-refractivity contribution in [2.45, 2.75) is 31.2 Å². The van der Waals surface area contributed by atoms with Crippen molar-refractivity contribution in [2.24, 2.45) is 0 Å². The Hall–Kier alpha value is -1.34. The third-order valence-electron chi connectivity index (χ3n) is 5.49. The summed E-state index contributed by atoms with van der Waals surface area (Å²) in [7, 11) is 0. The normalized spacial score (nSPS) is 21.4. The molecular weight excluding hydrogens is 375 g/mol. The molecule has 1 spiro atoms. The molecule has 1 aliphatic carbocycles. The van der Waals surface area contributed by atoms with Crippen LogP contribution in [-0.4, -0.2) is 55.0 Å². The lowest BCUT2D eigenvalue weighted by atomic mass is 9.89. The average molecular weight is 401 g/mol. The van der Waals surface area contributed by atoms with E-state index in [1.165, 1.54) is 0 Å². The summed E-state index contributed by atoms with van der Waals surface area (Å²) in [6, 6.07) is 7.65. The predicted octanol–water partition coefficient (Wildman–Crippen LogP) is 2.03. The number of carbonyl (C=O) groups is 2. The van der Waals surface area contributed by atoms with Crippen LogP contribution in [0.25, 0.3) is 0 Å². The molecule has 2 N–H and O–H groups in total. The number of anilines is 2. The molecular formula is C18H26Cl2N4O2. The number of carbonyl (C=O) groups excluding carboxylic acids is 2. The topological polar surface area (TPSA) is 64.7 Å². The lowest BCUT2D eigenvalue weighted by Crippen LogP contribution is -2.62. The van der Waals surface area contributed by atoms with Gasteiger partial charge in [0.2, 0.25) is 5.91 Å². The number of hydrogen-bond donors (Lipinski definition) is 2. The van der Waals surface area contributed by atoms with E-state index in [2.05, 4.69) is 15.5 Å². The molecule has 8 heteroatoms. The highest BCUT2D eigenvalue weighted by atomic mass is 35.5. The van der Waals surface area contributed by atoms with Crippen LogP contribution in [0.5, 0.6) is 0 Å². The van der Waals surface area contributed by atoms with Gasteiger partial charge in [-0.05, 0) is 25.0 Å². The zero-order valence-corrected chi connectivity index (χ0v) is 16.3. The van der Waals surface area contributed by atoms with Crippen LogP contribution in [0.4, 0.5) is 11.4 Å². The van der Waals surface area contributed by atoms with Crippen molar-refractivity contribution < 1.29 is 9.59 Å². The Morgan fingerprint density at radius 3 is 2.42 bits per heavy atom. The van der Waals surface area contributed by atoms with Gasteiger partial charge in [-0.15, -0.1) is 24.8 Å². The summed E-state index contributed by atoms with van der Waals surface area (Å²) in [6.45, 7) is 3.96. The van der Waals surface area contributed by atoms with Crippen molar-refractivity contribution in [1.82, 2.24) is 10.2 Å². The first-order chi connectivity index (χ1) is 11.7. The molecule has 1 aromatic carbocycles. The second kappa shape index (κ2) is 8.57. The minimum Gasteiger partial charge on any atom is -0.322 e. The summed E-state index contributed by atoms with van der Waals surface area (Å²) in [4.78, 5) is 30.1. The van der Waals surface area contributed by atoms with E-state index >= 15 is 0 Å². The molecule has 144 valence electrons. The maximum absolute atomic E-state index is 13.2.